The number of rotatable bonds is 7. The predicted octanol–water partition coefficient (Wildman–Crippen LogP) is 0.959. The fourth-order valence-corrected chi connectivity index (χ4v) is 1.95. The average Bonchev–Trinajstić information content (AvgIpc) is 2.56. The van der Waals surface area contributed by atoms with E-state index in [1.165, 1.54) is 25.4 Å². The molecule has 2 rings (SSSR count). The highest BCUT2D eigenvalue weighted by molar-refractivity contribution is 5.91. The molecule has 1 heterocycles. The molecule has 1 aromatic carbocycles. The number of methoxy groups -OCH3 is 1. The lowest BCUT2D eigenvalue weighted by Gasteiger charge is -2.11. The van der Waals surface area contributed by atoms with E-state index in [0.717, 1.165) is 4.57 Å². The van der Waals surface area contributed by atoms with E-state index in [9.17, 15) is 14.4 Å². The van der Waals surface area contributed by atoms with Crippen LogP contribution in [-0.2, 0) is 16.1 Å². The lowest BCUT2D eigenvalue weighted by atomic mass is 10.3. The Hall–Kier alpha value is -3.29. The number of nitrogens with one attached hydrogen (secondary N) is 1. The van der Waals surface area contributed by atoms with Gasteiger partial charge in [0.05, 0.1) is 12.8 Å². The second kappa shape index (κ2) is 7.82. The quantitative estimate of drug-likeness (QED) is 0.782. The van der Waals surface area contributed by atoms with Crippen LogP contribution in [0.3, 0.4) is 0 Å². The molecule has 0 aliphatic carbocycles. The molecule has 0 saturated carbocycles. The molecule has 0 saturated heterocycles. The van der Waals surface area contributed by atoms with Crippen LogP contribution in [0.15, 0.2) is 47.4 Å². The van der Waals surface area contributed by atoms with Gasteiger partial charge in [-0.25, -0.2) is 0 Å². The third kappa shape index (κ3) is 4.60. The minimum Gasteiger partial charge on any atom is -0.493 e. The monoisotopic (exact) mass is 332 g/mol. The standard InChI is InChI=1S/C16H16N2O6/c1-23-12-4-2-3-5-13(12)24-10-14(19)17-11-6-7-15(20)18(8-11)9-16(21)22/h2-8H,9-10H2,1H3,(H,17,19)(H,21,22). The number of carboxylic acid groups (broad SMARTS) is 1. The number of carbonyl (C=O) groups excluding carboxylic acids is 1. The van der Waals surface area contributed by atoms with E-state index in [0.29, 0.717) is 17.2 Å². The molecule has 0 radical (unpaired) electrons. The number of carbonyl (C=O) groups is 2. The van der Waals surface area contributed by atoms with Gasteiger partial charge in [0.15, 0.2) is 18.1 Å². The van der Waals surface area contributed by atoms with Gasteiger partial charge in [-0.05, 0) is 18.2 Å². The van der Waals surface area contributed by atoms with E-state index < -0.39 is 24.0 Å². The molecule has 2 N–H and O–H groups in total. The first-order valence-electron chi connectivity index (χ1n) is 6.97. The number of aromatic nitrogens is 1. The van der Waals surface area contributed by atoms with Crippen molar-refractivity contribution in [1.82, 2.24) is 4.57 Å². The lowest BCUT2D eigenvalue weighted by Crippen LogP contribution is -2.25. The van der Waals surface area contributed by atoms with Gasteiger partial charge < -0.3 is 24.5 Å². The molecule has 8 nitrogen and oxygen atoms in total. The van der Waals surface area contributed by atoms with Crippen molar-refractivity contribution in [3.05, 3.63) is 52.9 Å². The number of benzene rings is 1. The molecule has 0 fully saturated rings. The second-order valence-corrected chi connectivity index (χ2v) is 4.77. The number of amides is 1. The topological polar surface area (TPSA) is 107 Å². The summed E-state index contributed by atoms with van der Waals surface area (Å²) in [6, 6.07) is 9.46. The summed E-state index contributed by atoms with van der Waals surface area (Å²) < 4.78 is 11.5. The zero-order chi connectivity index (χ0) is 17.5. The molecule has 0 spiro atoms. The van der Waals surface area contributed by atoms with E-state index in [2.05, 4.69) is 5.32 Å². The zero-order valence-corrected chi connectivity index (χ0v) is 12.9. The van der Waals surface area contributed by atoms with Crippen LogP contribution in [0, 0.1) is 0 Å². The highest BCUT2D eigenvalue weighted by atomic mass is 16.5. The molecule has 1 aromatic heterocycles. The van der Waals surface area contributed by atoms with Gasteiger partial charge in [-0.1, -0.05) is 12.1 Å². The largest absolute Gasteiger partial charge is 0.493 e. The maximum atomic E-state index is 11.9. The smallest absolute Gasteiger partial charge is 0.323 e. The Kier molecular flexibility index (Phi) is 5.56. The van der Waals surface area contributed by atoms with Gasteiger partial charge in [0.25, 0.3) is 11.5 Å². The van der Waals surface area contributed by atoms with Crippen LogP contribution in [0.1, 0.15) is 0 Å². The van der Waals surface area contributed by atoms with Crippen LogP contribution >= 0.6 is 0 Å². The summed E-state index contributed by atoms with van der Waals surface area (Å²) in [5.74, 6) is -0.687. The molecule has 0 aliphatic heterocycles. The van der Waals surface area contributed by atoms with Crippen molar-refractivity contribution in [3.8, 4) is 11.5 Å². The minimum atomic E-state index is -1.15. The summed E-state index contributed by atoms with van der Waals surface area (Å²) in [7, 11) is 1.49. The molecular weight excluding hydrogens is 316 g/mol. The summed E-state index contributed by atoms with van der Waals surface area (Å²) in [5, 5.41) is 11.3. The van der Waals surface area contributed by atoms with Crippen molar-refractivity contribution in [2.24, 2.45) is 0 Å². The minimum absolute atomic E-state index is 0.265. The molecule has 1 amide bonds. The lowest BCUT2D eigenvalue weighted by molar-refractivity contribution is -0.137. The molecule has 0 bridgehead atoms. The number of hydrogen-bond donors (Lipinski definition) is 2. The molecule has 0 unspecified atom stereocenters. The highest BCUT2D eigenvalue weighted by Gasteiger charge is 2.09. The predicted molar refractivity (Wildman–Crippen MR) is 85.5 cm³/mol. The molecular formula is C16H16N2O6. The molecule has 24 heavy (non-hydrogen) atoms. The maximum Gasteiger partial charge on any atom is 0.323 e. The summed E-state index contributed by atoms with van der Waals surface area (Å²) in [4.78, 5) is 34.1. The normalized spacial score (nSPS) is 10.0. The van der Waals surface area contributed by atoms with Crippen LogP contribution in [-0.4, -0.2) is 35.3 Å². The van der Waals surface area contributed by atoms with Gasteiger partial charge in [-0.15, -0.1) is 0 Å². The van der Waals surface area contributed by atoms with E-state index in [-0.39, 0.29) is 6.61 Å². The second-order valence-electron chi connectivity index (χ2n) is 4.77. The molecule has 126 valence electrons. The van der Waals surface area contributed by atoms with E-state index in [1.54, 1.807) is 24.3 Å². The first-order valence-corrected chi connectivity index (χ1v) is 6.97. The van der Waals surface area contributed by atoms with Crippen LogP contribution in [0.4, 0.5) is 5.69 Å². The Morgan fingerprint density at radius 2 is 1.88 bits per heavy atom. The Balaban J connectivity index is 1.99. The third-order valence-electron chi connectivity index (χ3n) is 3.00. The molecule has 0 aliphatic rings. The number of aliphatic carboxylic acids is 1. The Bertz CT molecular complexity index is 799. The summed E-state index contributed by atoms with van der Waals surface area (Å²) in [6.07, 6.45) is 1.26. The van der Waals surface area contributed by atoms with Gasteiger partial charge >= 0.3 is 5.97 Å². The molecule has 0 atom stereocenters. The van der Waals surface area contributed by atoms with Crippen molar-refractivity contribution < 1.29 is 24.2 Å². The van der Waals surface area contributed by atoms with Crippen LogP contribution in [0.5, 0.6) is 11.5 Å². The van der Waals surface area contributed by atoms with E-state index >= 15 is 0 Å². The molecule has 8 heteroatoms. The van der Waals surface area contributed by atoms with Gasteiger partial charge in [0.2, 0.25) is 0 Å². The number of anilines is 1. The SMILES string of the molecule is COc1ccccc1OCC(=O)Nc1ccc(=O)n(CC(=O)O)c1. The Morgan fingerprint density at radius 1 is 1.17 bits per heavy atom. The van der Waals surface area contributed by atoms with Crippen molar-refractivity contribution in [2.45, 2.75) is 6.54 Å². The number of hydrogen-bond acceptors (Lipinski definition) is 5. The third-order valence-corrected chi connectivity index (χ3v) is 3.00. The average molecular weight is 332 g/mol. The Labute approximate surface area is 137 Å². The summed E-state index contributed by atoms with van der Waals surface area (Å²) >= 11 is 0. The van der Waals surface area contributed by atoms with E-state index in [4.69, 9.17) is 14.6 Å². The maximum absolute atomic E-state index is 11.9. The van der Waals surface area contributed by atoms with Crippen molar-refractivity contribution in [2.75, 3.05) is 19.0 Å². The Morgan fingerprint density at radius 3 is 2.54 bits per heavy atom. The number of para-hydroxylation sites is 2. The number of pyridine rings is 1. The highest BCUT2D eigenvalue weighted by Crippen LogP contribution is 2.25. The number of ether oxygens (including phenoxy) is 2. The van der Waals surface area contributed by atoms with Gasteiger partial charge in [0, 0.05) is 12.3 Å². The van der Waals surface area contributed by atoms with Crippen molar-refractivity contribution in [1.29, 1.82) is 0 Å². The first kappa shape index (κ1) is 17.1. The number of carboxylic acids is 1. The van der Waals surface area contributed by atoms with Gasteiger partial charge in [0.1, 0.15) is 6.54 Å². The van der Waals surface area contributed by atoms with Crippen LogP contribution in [0.25, 0.3) is 0 Å². The summed E-state index contributed by atoms with van der Waals surface area (Å²) in [5.41, 5.74) is -0.176. The molecule has 2 aromatic rings. The van der Waals surface area contributed by atoms with E-state index in [1.807, 2.05) is 0 Å². The first-order chi connectivity index (χ1) is 11.5. The summed E-state index contributed by atoms with van der Waals surface area (Å²) in [6.45, 7) is -0.751. The van der Waals surface area contributed by atoms with Crippen LogP contribution < -0.4 is 20.3 Å². The fraction of sp³-hybridized carbons (Fsp3) is 0.188. The van der Waals surface area contributed by atoms with Gasteiger partial charge in [-0.2, -0.15) is 0 Å². The van der Waals surface area contributed by atoms with Crippen LogP contribution in [0.2, 0.25) is 0 Å². The van der Waals surface area contributed by atoms with Gasteiger partial charge in [-0.3, -0.25) is 14.4 Å². The number of nitrogens with zero attached hydrogens (tertiary/aromatic N) is 1. The fourth-order valence-electron chi connectivity index (χ4n) is 1.95. The zero-order valence-electron chi connectivity index (χ0n) is 12.9. The van der Waals surface area contributed by atoms with Crippen molar-refractivity contribution in [3.63, 3.8) is 0 Å². The van der Waals surface area contributed by atoms with Crippen molar-refractivity contribution >= 4 is 17.6 Å².